The third kappa shape index (κ3) is 9.36. The van der Waals surface area contributed by atoms with Gasteiger partial charge >= 0.3 is 7.60 Å². The monoisotopic (exact) mass is 521 g/mol. The topological polar surface area (TPSA) is 101 Å². The van der Waals surface area contributed by atoms with Crippen LogP contribution in [0.5, 0.6) is 11.5 Å². The zero-order chi connectivity index (χ0) is 25.1. The molecule has 1 aromatic heterocycles. The molecule has 0 amide bonds. The second kappa shape index (κ2) is 13.7. The van der Waals surface area contributed by atoms with Gasteiger partial charge in [-0.3, -0.25) is 4.57 Å². The zero-order valence-electron chi connectivity index (χ0n) is 19.9. The smallest absolute Gasteiger partial charge is 0.325 e. The Labute approximate surface area is 211 Å². The van der Waals surface area contributed by atoms with E-state index in [1.165, 1.54) is 5.56 Å². The van der Waals surface area contributed by atoms with E-state index >= 15 is 0 Å². The van der Waals surface area contributed by atoms with Crippen LogP contribution >= 0.6 is 19.2 Å². The minimum Gasteiger partial charge on any atom is -0.495 e. The van der Waals surface area contributed by atoms with E-state index in [9.17, 15) is 4.57 Å². The lowest BCUT2D eigenvalue weighted by atomic mass is 10.1. The van der Waals surface area contributed by atoms with Crippen LogP contribution in [-0.4, -0.2) is 36.2 Å². The number of aryl methyl sites for hydroxylation is 1. The normalized spacial score (nSPS) is 11.5. The third-order valence-electron chi connectivity index (χ3n) is 5.55. The maximum Gasteiger partial charge on any atom is 0.325 e. The highest BCUT2D eigenvalue weighted by Crippen LogP contribution is 2.35. The molecule has 1 heterocycles. The summed E-state index contributed by atoms with van der Waals surface area (Å²) < 4.78 is 27.9. The van der Waals surface area contributed by atoms with Crippen LogP contribution in [0, 0.1) is 0 Å². The molecule has 7 nitrogen and oxygen atoms in total. The van der Waals surface area contributed by atoms with Crippen LogP contribution < -0.4 is 14.8 Å². The molecule has 0 aliphatic carbocycles. The number of rotatable bonds is 15. The van der Waals surface area contributed by atoms with E-state index in [0.29, 0.717) is 36.9 Å². The predicted molar refractivity (Wildman–Crippen MR) is 138 cm³/mol. The molecule has 0 aliphatic heterocycles. The molecule has 0 spiro atoms. The number of ether oxygens (including phenoxy) is 2. The molecule has 2 aromatic carbocycles. The number of furan rings is 1. The van der Waals surface area contributed by atoms with Crippen LogP contribution in [0.1, 0.15) is 36.8 Å². The summed E-state index contributed by atoms with van der Waals surface area (Å²) in [5, 5.41) is 3.86. The van der Waals surface area contributed by atoms with E-state index in [4.69, 9.17) is 35.3 Å². The average Bonchev–Trinajstić information content (AvgIpc) is 3.36. The highest BCUT2D eigenvalue weighted by molar-refractivity contribution is 7.51. The van der Waals surface area contributed by atoms with Gasteiger partial charge in [0, 0.05) is 6.54 Å². The number of benzene rings is 2. The Morgan fingerprint density at radius 3 is 2.51 bits per heavy atom. The van der Waals surface area contributed by atoms with Crippen LogP contribution in [0.15, 0.2) is 59.2 Å². The quantitative estimate of drug-likeness (QED) is 0.165. The molecule has 0 aliphatic rings. The van der Waals surface area contributed by atoms with Gasteiger partial charge in [0.15, 0.2) is 0 Å². The van der Waals surface area contributed by atoms with Crippen LogP contribution in [0.4, 0.5) is 0 Å². The number of unbranched alkanes of at least 4 members (excludes halogenated alkanes) is 2. The fourth-order valence-electron chi connectivity index (χ4n) is 3.74. The molecular weight excluding hydrogens is 489 g/mol. The molecule has 35 heavy (non-hydrogen) atoms. The van der Waals surface area contributed by atoms with Crippen molar-refractivity contribution in [3.05, 3.63) is 70.9 Å². The number of halogens is 1. The SMILES string of the molecule is COc1ccc(CCCCCOc2ccc(CNCCCP(=O)(O)O)cc2-c2ccco2)cc1Cl. The summed E-state index contributed by atoms with van der Waals surface area (Å²) in [5.74, 6) is 2.20. The van der Waals surface area contributed by atoms with Gasteiger partial charge in [-0.15, -0.1) is 0 Å². The second-order valence-electron chi connectivity index (χ2n) is 8.35. The minimum absolute atomic E-state index is 0.113. The van der Waals surface area contributed by atoms with Crippen molar-refractivity contribution in [3.63, 3.8) is 0 Å². The van der Waals surface area contributed by atoms with Gasteiger partial charge in [-0.05, 0) is 86.2 Å². The molecule has 0 bridgehead atoms. The molecule has 190 valence electrons. The molecule has 3 aromatic rings. The Kier molecular flexibility index (Phi) is 10.7. The lowest BCUT2D eigenvalue weighted by molar-refractivity contribution is 0.305. The Bertz CT molecular complexity index is 1100. The fraction of sp³-hybridized carbons (Fsp3) is 0.385. The summed E-state index contributed by atoms with van der Waals surface area (Å²) >= 11 is 6.20. The summed E-state index contributed by atoms with van der Waals surface area (Å²) in [7, 11) is -2.33. The van der Waals surface area contributed by atoms with Crippen molar-refractivity contribution in [2.75, 3.05) is 26.4 Å². The Morgan fingerprint density at radius 2 is 1.80 bits per heavy atom. The van der Waals surface area contributed by atoms with Crippen LogP contribution in [0.25, 0.3) is 11.3 Å². The highest BCUT2D eigenvalue weighted by atomic mass is 35.5. The summed E-state index contributed by atoms with van der Waals surface area (Å²) in [6.45, 7) is 1.73. The van der Waals surface area contributed by atoms with Gasteiger partial charge in [-0.1, -0.05) is 23.7 Å². The van der Waals surface area contributed by atoms with Crippen LogP contribution in [0.2, 0.25) is 5.02 Å². The lowest BCUT2D eigenvalue weighted by Gasteiger charge is -2.13. The fourth-order valence-corrected chi connectivity index (χ4v) is 4.59. The molecule has 0 unspecified atom stereocenters. The Hall–Kier alpha value is -2.28. The molecular formula is C26H33ClNO6P. The maximum atomic E-state index is 11.0. The van der Waals surface area contributed by atoms with Gasteiger partial charge in [-0.2, -0.15) is 0 Å². The molecule has 0 fully saturated rings. The van der Waals surface area contributed by atoms with Gasteiger partial charge < -0.3 is 29.0 Å². The van der Waals surface area contributed by atoms with E-state index in [0.717, 1.165) is 48.3 Å². The molecule has 0 atom stereocenters. The number of nitrogens with one attached hydrogen (secondary N) is 1. The molecule has 0 saturated heterocycles. The summed E-state index contributed by atoms with van der Waals surface area (Å²) in [6.07, 6.45) is 5.92. The third-order valence-corrected chi connectivity index (χ3v) is 6.74. The lowest BCUT2D eigenvalue weighted by Crippen LogP contribution is -2.16. The van der Waals surface area contributed by atoms with Gasteiger partial charge in [0.2, 0.25) is 0 Å². The number of methoxy groups -OCH3 is 1. The predicted octanol–water partition coefficient (Wildman–Crippen LogP) is 6.06. The van der Waals surface area contributed by atoms with E-state index in [1.807, 2.05) is 48.5 Å². The van der Waals surface area contributed by atoms with Gasteiger partial charge in [0.25, 0.3) is 0 Å². The first-order valence-corrected chi connectivity index (χ1v) is 13.9. The Morgan fingerprint density at radius 1 is 1.00 bits per heavy atom. The first-order valence-electron chi connectivity index (χ1n) is 11.7. The van der Waals surface area contributed by atoms with E-state index in [1.54, 1.807) is 13.4 Å². The van der Waals surface area contributed by atoms with E-state index in [-0.39, 0.29) is 6.16 Å². The van der Waals surface area contributed by atoms with Crippen molar-refractivity contribution in [1.29, 1.82) is 0 Å². The zero-order valence-corrected chi connectivity index (χ0v) is 21.6. The standard InChI is InChI=1S/C26H33ClNO6P/c1-32-26-12-9-20(18-23(26)27)7-3-2-4-14-33-25-11-10-21(17-22(25)24-8-5-15-34-24)19-28-13-6-16-35(29,30)31/h5,8-12,15,17-18,28H,2-4,6-7,13-14,16,19H2,1H3,(H2,29,30,31). The molecule has 0 radical (unpaired) electrons. The van der Waals surface area contributed by atoms with Crippen molar-refractivity contribution in [1.82, 2.24) is 5.32 Å². The Balaban J connectivity index is 1.46. The molecule has 9 heteroatoms. The number of hydrogen-bond donors (Lipinski definition) is 3. The van der Waals surface area contributed by atoms with Crippen molar-refractivity contribution in [2.24, 2.45) is 0 Å². The van der Waals surface area contributed by atoms with Crippen LogP contribution in [0.3, 0.4) is 0 Å². The second-order valence-corrected chi connectivity index (χ2v) is 10.5. The first-order chi connectivity index (χ1) is 16.9. The summed E-state index contributed by atoms with van der Waals surface area (Å²) in [4.78, 5) is 17.9. The molecule has 0 saturated carbocycles. The molecule has 3 rings (SSSR count). The van der Waals surface area contributed by atoms with Crippen molar-refractivity contribution in [2.45, 2.75) is 38.6 Å². The van der Waals surface area contributed by atoms with Crippen molar-refractivity contribution < 1.29 is 28.2 Å². The van der Waals surface area contributed by atoms with E-state index in [2.05, 4.69) is 5.32 Å². The molecule has 3 N–H and O–H groups in total. The van der Waals surface area contributed by atoms with Crippen molar-refractivity contribution in [3.8, 4) is 22.8 Å². The van der Waals surface area contributed by atoms with E-state index < -0.39 is 7.60 Å². The number of hydrogen-bond acceptors (Lipinski definition) is 5. The summed E-state index contributed by atoms with van der Waals surface area (Å²) in [6, 6.07) is 15.6. The first kappa shape index (κ1) is 27.3. The largest absolute Gasteiger partial charge is 0.495 e. The summed E-state index contributed by atoms with van der Waals surface area (Å²) in [5.41, 5.74) is 3.12. The minimum atomic E-state index is -3.94. The van der Waals surface area contributed by atoms with Gasteiger partial charge in [0.05, 0.1) is 36.7 Å². The van der Waals surface area contributed by atoms with Gasteiger partial charge in [0.1, 0.15) is 17.3 Å². The van der Waals surface area contributed by atoms with Crippen molar-refractivity contribution >= 4 is 19.2 Å². The highest BCUT2D eigenvalue weighted by Gasteiger charge is 2.12. The maximum absolute atomic E-state index is 11.0. The van der Waals surface area contributed by atoms with Gasteiger partial charge in [-0.25, -0.2) is 0 Å². The average molecular weight is 522 g/mol. The van der Waals surface area contributed by atoms with Crippen LogP contribution in [-0.2, 0) is 17.5 Å².